The van der Waals surface area contributed by atoms with E-state index in [0.29, 0.717) is 5.56 Å². The number of hydrogen-bond donors (Lipinski definition) is 1. The van der Waals surface area contributed by atoms with Gasteiger partial charge in [0.25, 0.3) is 0 Å². The van der Waals surface area contributed by atoms with Gasteiger partial charge in [0.1, 0.15) is 0 Å². The van der Waals surface area contributed by atoms with E-state index in [4.69, 9.17) is 5.11 Å². The molecular formula is C19H17NO2. The highest BCUT2D eigenvalue weighted by molar-refractivity contribution is 5.89. The molecule has 1 N–H and O–H groups in total. The number of rotatable bonds is 3. The van der Waals surface area contributed by atoms with Crippen molar-refractivity contribution in [2.75, 3.05) is 0 Å². The van der Waals surface area contributed by atoms with Crippen molar-refractivity contribution in [2.24, 2.45) is 0 Å². The Morgan fingerprint density at radius 1 is 0.955 bits per heavy atom. The number of carboxylic acid groups (broad SMARTS) is 1. The Bertz CT molecular complexity index is 846. The zero-order chi connectivity index (χ0) is 15.7. The largest absolute Gasteiger partial charge is 0.478 e. The van der Waals surface area contributed by atoms with E-state index in [-0.39, 0.29) is 0 Å². The fraction of sp³-hybridized carbons (Fsp3) is 0.105. The monoisotopic (exact) mass is 291 g/mol. The van der Waals surface area contributed by atoms with E-state index in [1.54, 1.807) is 18.2 Å². The van der Waals surface area contributed by atoms with Crippen LogP contribution < -0.4 is 0 Å². The molecule has 3 heteroatoms. The van der Waals surface area contributed by atoms with Gasteiger partial charge in [0, 0.05) is 18.1 Å². The molecule has 3 rings (SSSR count). The summed E-state index contributed by atoms with van der Waals surface area (Å²) in [6.07, 6.45) is 4.01. The molecule has 1 aromatic heterocycles. The smallest absolute Gasteiger partial charge is 0.335 e. The number of carbonyl (C=O) groups is 1. The molecular weight excluding hydrogens is 274 g/mol. The first-order chi connectivity index (χ1) is 10.5. The highest BCUT2D eigenvalue weighted by Gasteiger charge is 2.07. The summed E-state index contributed by atoms with van der Waals surface area (Å²) < 4.78 is 2.05. The molecule has 1 heterocycles. The topological polar surface area (TPSA) is 42.2 Å². The van der Waals surface area contributed by atoms with Gasteiger partial charge >= 0.3 is 5.97 Å². The van der Waals surface area contributed by atoms with Crippen molar-refractivity contribution in [1.29, 1.82) is 0 Å². The summed E-state index contributed by atoms with van der Waals surface area (Å²) in [5, 5.41) is 9.09. The Hall–Kier alpha value is -2.81. The second-order valence-corrected chi connectivity index (χ2v) is 5.46. The molecule has 0 fully saturated rings. The van der Waals surface area contributed by atoms with Gasteiger partial charge in [0.2, 0.25) is 0 Å². The van der Waals surface area contributed by atoms with E-state index in [1.807, 2.05) is 24.5 Å². The first-order valence-corrected chi connectivity index (χ1v) is 7.14. The predicted octanol–water partition coefficient (Wildman–Crippen LogP) is 4.46. The third-order valence-corrected chi connectivity index (χ3v) is 3.92. The molecule has 110 valence electrons. The van der Waals surface area contributed by atoms with Crippen LogP contribution in [0.15, 0.2) is 60.9 Å². The SMILES string of the molecule is Cc1ccc(-n2ccc(-c3cccc(C(=O)O)c3)c2)cc1C. The first-order valence-electron chi connectivity index (χ1n) is 7.14. The fourth-order valence-electron chi connectivity index (χ4n) is 2.45. The number of nitrogens with zero attached hydrogens (tertiary/aromatic N) is 1. The Kier molecular flexibility index (Phi) is 3.55. The lowest BCUT2D eigenvalue weighted by molar-refractivity contribution is 0.0697. The minimum Gasteiger partial charge on any atom is -0.478 e. The molecule has 3 aromatic rings. The van der Waals surface area contributed by atoms with Crippen molar-refractivity contribution in [3.05, 3.63) is 77.6 Å². The van der Waals surface area contributed by atoms with Crippen LogP contribution in [0.3, 0.4) is 0 Å². The van der Waals surface area contributed by atoms with Gasteiger partial charge in [0.15, 0.2) is 0 Å². The Morgan fingerprint density at radius 2 is 1.77 bits per heavy atom. The number of carboxylic acids is 1. The Labute approximate surface area is 129 Å². The number of aromatic nitrogens is 1. The van der Waals surface area contributed by atoms with Crippen molar-refractivity contribution in [2.45, 2.75) is 13.8 Å². The Balaban J connectivity index is 1.98. The fourth-order valence-corrected chi connectivity index (χ4v) is 2.45. The number of aryl methyl sites for hydroxylation is 2. The van der Waals surface area contributed by atoms with Gasteiger partial charge in [-0.2, -0.15) is 0 Å². The van der Waals surface area contributed by atoms with Gasteiger partial charge in [-0.15, -0.1) is 0 Å². The van der Waals surface area contributed by atoms with Crippen molar-refractivity contribution >= 4 is 5.97 Å². The van der Waals surface area contributed by atoms with Crippen LogP contribution >= 0.6 is 0 Å². The predicted molar refractivity (Wildman–Crippen MR) is 87.6 cm³/mol. The number of hydrogen-bond acceptors (Lipinski definition) is 1. The third-order valence-electron chi connectivity index (χ3n) is 3.92. The number of benzene rings is 2. The molecule has 22 heavy (non-hydrogen) atoms. The first kappa shape index (κ1) is 14.1. The minimum atomic E-state index is -0.907. The van der Waals surface area contributed by atoms with E-state index in [2.05, 4.69) is 36.6 Å². The standard InChI is InChI=1S/C19H17NO2/c1-13-6-7-18(10-14(13)2)20-9-8-17(12-20)15-4-3-5-16(11-15)19(21)22/h3-12H,1-2H3,(H,21,22). The maximum atomic E-state index is 11.1. The van der Waals surface area contributed by atoms with Crippen LogP contribution in [-0.4, -0.2) is 15.6 Å². The van der Waals surface area contributed by atoms with Gasteiger partial charge in [-0.05, 0) is 66.4 Å². The summed E-state index contributed by atoms with van der Waals surface area (Å²) in [6, 6.07) is 15.3. The second kappa shape index (κ2) is 5.53. The molecule has 3 nitrogen and oxygen atoms in total. The summed E-state index contributed by atoms with van der Waals surface area (Å²) in [4.78, 5) is 11.1. The van der Waals surface area contributed by atoms with Gasteiger partial charge in [-0.3, -0.25) is 0 Å². The molecule has 0 spiro atoms. The van der Waals surface area contributed by atoms with Crippen molar-refractivity contribution in [3.63, 3.8) is 0 Å². The summed E-state index contributed by atoms with van der Waals surface area (Å²) in [6.45, 7) is 4.19. The highest BCUT2D eigenvalue weighted by atomic mass is 16.4. The molecule has 0 atom stereocenters. The maximum Gasteiger partial charge on any atom is 0.335 e. The van der Waals surface area contributed by atoms with Crippen LogP contribution in [0.25, 0.3) is 16.8 Å². The molecule has 0 unspecified atom stereocenters. The summed E-state index contributed by atoms with van der Waals surface area (Å²) >= 11 is 0. The Morgan fingerprint density at radius 3 is 2.50 bits per heavy atom. The van der Waals surface area contributed by atoms with Gasteiger partial charge in [-0.25, -0.2) is 4.79 Å². The molecule has 0 saturated carbocycles. The van der Waals surface area contributed by atoms with Gasteiger partial charge in [0.05, 0.1) is 5.56 Å². The van der Waals surface area contributed by atoms with Crippen LogP contribution in [0, 0.1) is 13.8 Å². The van der Waals surface area contributed by atoms with Crippen molar-refractivity contribution < 1.29 is 9.90 Å². The van der Waals surface area contributed by atoms with E-state index in [9.17, 15) is 4.79 Å². The highest BCUT2D eigenvalue weighted by Crippen LogP contribution is 2.23. The minimum absolute atomic E-state index is 0.302. The van der Waals surface area contributed by atoms with Crippen molar-refractivity contribution in [1.82, 2.24) is 4.57 Å². The lowest BCUT2D eigenvalue weighted by Gasteiger charge is -2.06. The molecule has 0 aliphatic rings. The summed E-state index contributed by atoms with van der Waals surface area (Å²) in [7, 11) is 0. The molecule has 2 aromatic carbocycles. The molecule has 0 saturated heterocycles. The van der Waals surface area contributed by atoms with Crippen LogP contribution in [0.2, 0.25) is 0 Å². The molecule has 0 aliphatic heterocycles. The number of aromatic carboxylic acids is 1. The van der Waals surface area contributed by atoms with Gasteiger partial charge < -0.3 is 9.67 Å². The molecule has 0 bridgehead atoms. The summed E-state index contributed by atoms with van der Waals surface area (Å²) in [5.74, 6) is -0.907. The third kappa shape index (κ3) is 2.66. The van der Waals surface area contributed by atoms with Crippen LogP contribution in [0.1, 0.15) is 21.5 Å². The molecule has 0 radical (unpaired) electrons. The normalized spacial score (nSPS) is 10.6. The summed E-state index contributed by atoms with van der Waals surface area (Å²) in [5.41, 5.74) is 5.83. The van der Waals surface area contributed by atoms with Crippen LogP contribution in [0.5, 0.6) is 0 Å². The zero-order valence-electron chi connectivity index (χ0n) is 12.6. The van der Waals surface area contributed by atoms with E-state index >= 15 is 0 Å². The van der Waals surface area contributed by atoms with Gasteiger partial charge in [-0.1, -0.05) is 18.2 Å². The van der Waals surface area contributed by atoms with Crippen LogP contribution in [0.4, 0.5) is 0 Å². The lowest BCUT2D eigenvalue weighted by Crippen LogP contribution is -1.95. The second-order valence-electron chi connectivity index (χ2n) is 5.46. The molecule has 0 amide bonds. The van der Waals surface area contributed by atoms with Crippen LogP contribution in [-0.2, 0) is 0 Å². The van der Waals surface area contributed by atoms with E-state index in [0.717, 1.165) is 16.8 Å². The quantitative estimate of drug-likeness (QED) is 0.774. The average molecular weight is 291 g/mol. The molecule has 0 aliphatic carbocycles. The maximum absolute atomic E-state index is 11.1. The average Bonchev–Trinajstić information content (AvgIpc) is 3.00. The van der Waals surface area contributed by atoms with E-state index in [1.165, 1.54) is 11.1 Å². The lowest BCUT2D eigenvalue weighted by atomic mass is 10.1. The zero-order valence-corrected chi connectivity index (χ0v) is 12.6. The van der Waals surface area contributed by atoms with E-state index < -0.39 is 5.97 Å². The van der Waals surface area contributed by atoms with Crippen molar-refractivity contribution in [3.8, 4) is 16.8 Å².